The Hall–Kier alpha value is -0.790. The summed E-state index contributed by atoms with van der Waals surface area (Å²) >= 11 is 0. The van der Waals surface area contributed by atoms with E-state index in [1.54, 1.807) is 6.20 Å². The fourth-order valence-electron chi connectivity index (χ4n) is 0.809. The second-order valence-electron chi connectivity index (χ2n) is 1.94. The molecule has 44 valence electrons. The van der Waals surface area contributed by atoms with Crippen LogP contribution in [0.5, 0.6) is 0 Å². The third-order valence-electron chi connectivity index (χ3n) is 1.32. The predicted molar refractivity (Wildman–Crippen MR) is 31.4 cm³/mol. The van der Waals surface area contributed by atoms with Crippen molar-refractivity contribution in [3.8, 4) is 0 Å². The third kappa shape index (κ3) is 0.886. The zero-order chi connectivity index (χ0) is 5.98. The minimum Gasteiger partial charge on any atom is -0.370 e. The molecular weight excluding hydrogens is 102 g/mol. The van der Waals surface area contributed by atoms with Gasteiger partial charge in [-0.1, -0.05) is 6.58 Å². The first-order valence-electron chi connectivity index (χ1n) is 2.71. The summed E-state index contributed by atoms with van der Waals surface area (Å²) in [6, 6.07) is 0. The highest BCUT2D eigenvalue weighted by atomic mass is 16.1. The molecule has 0 aromatic rings. The van der Waals surface area contributed by atoms with Crippen molar-refractivity contribution in [2.45, 2.75) is 6.42 Å². The van der Waals surface area contributed by atoms with Gasteiger partial charge in [0, 0.05) is 13.0 Å². The highest BCUT2D eigenvalue weighted by Gasteiger charge is 2.14. The largest absolute Gasteiger partial charge is 0.370 e. The molecule has 0 aromatic carbocycles. The summed E-state index contributed by atoms with van der Waals surface area (Å²) in [6.07, 6.45) is 2.41. The van der Waals surface area contributed by atoms with E-state index in [0.717, 1.165) is 6.54 Å². The molecular formula is C6H9NO. The van der Waals surface area contributed by atoms with Crippen molar-refractivity contribution in [2.24, 2.45) is 0 Å². The van der Waals surface area contributed by atoms with Gasteiger partial charge in [0.2, 0.25) is 0 Å². The van der Waals surface area contributed by atoms with Gasteiger partial charge in [0.05, 0.1) is 6.54 Å². The van der Waals surface area contributed by atoms with E-state index in [9.17, 15) is 4.79 Å². The predicted octanol–water partition coefficient (Wildman–Crippen LogP) is 0.405. The molecule has 0 aromatic heterocycles. The first kappa shape index (κ1) is 5.35. The van der Waals surface area contributed by atoms with Crippen molar-refractivity contribution < 1.29 is 4.79 Å². The second-order valence-corrected chi connectivity index (χ2v) is 1.94. The number of rotatable bonds is 1. The Kier molecular flexibility index (Phi) is 1.33. The first-order valence-corrected chi connectivity index (χ1v) is 2.71. The number of Topliss-reactive ketones (excluding diaryl/α,β-unsaturated/α-hetero) is 1. The molecule has 0 bridgehead atoms. The van der Waals surface area contributed by atoms with Gasteiger partial charge >= 0.3 is 0 Å². The molecule has 1 heterocycles. The van der Waals surface area contributed by atoms with E-state index >= 15 is 0 Å². The smallest absolute Gasteiger partial charge is 0.153 e. The Morgan fingerprint density at radius 3 is 2.75 bits per heavy atom. The Morgan fingerprint density at radius 1 is 1.75 bits per heavy atom. The number of nitrogens with zero attached hydrogens (tertiary/aromatic N) is 1. The summed E-state index contributed by atoms with van der Waals surface area (Å²) in [6.45, 7) is 4.99. The lowest BCUT2D eigenvalue weighted by atomic mass is 10.4. The topological polar surface area (TPSA) is 20.3 Å². The maximum absolute atomic E-state index is 10.5. The highest BCUT2D eigenvalue weighted by Crippen LogP contribution is 2.02. The van der Waals surface area contributed by atoms with E-state index in [-0.39, 0.29) is 0 Å². The number of hydrogen-bond donors (Lipinski definition) is 0. The number of ketones is 1. The van der Waals surface area contributed by atoms with Crippen LogP contribution in [0.3, 0.4) is 0 Å². The maximum Gasteiger partial charge on any atom is 0.153 e. The van der Waals surface area contributed by atoms with Gasteiger partial charge in [0.1, 0.15) is 0 Å². The van der Waals surface area contributed by atoms with E-state index in [2.05, 4.69) is 6.58 Å². The average molecular weight is 111 g/mol. The van der Waals surface area contributed by atoms with Crippen LogP contribution in [0.4, 0.5) is 0 Å². The Balaban J connectivity index is 2.43. The molecule has 0 radical (unpaired) electrons. The molecule has 0 unspecified atom stereocenters. The van der Waals surface area contributed by atoms with Gasteiger partial charge in [-0.15, -0.1) is 0 Å². The zero-order valence-electron chi connectivity index (χ0n) is 4.76. The monoisotopic (exact) mass is 111 g/mol. The van der Waals surface area contributed by atoms with Crippen LogP contribution < -0.4 is 0 Å². The van der Waals surface area contributed by atoms with Gasteiger partial charge in [0.15, 0.2) is 5.78 Å². The molecule has 0 spiro atoms. The lowest BCUT2D eigenvalue weighted by molar-refractivity contribution is -0.116. The lowest BCUT2D eigenvalue weighted by Crippen LogP contribution is -2.11. The molecule has 1 rings (SSSR count). The van der Waals surface area contributed by atoms with Crippen molar-refractivity contribution in [2.75, 3.05) is 13.1 Å². The van der Waals surface area contributed by atoms with Crippen LogP contribution in [-0.2, 0) is 4.79 Å². The van der Waals surface area contributed by atoms with Crippen LogP contribution in [0, 0.1) is 0 Å². The van der Waals surface area contributed by atoms with Crippen molar-refractivity contribution in [3.63, 3.8) is 0 Å². The lowest BCUT2D eigenvalue weighted by Gasteiger charge is -2.05. The number of carbonyl (C=O) groups is 1. The van der Waals surface area contributed by atoms with Crippen LogP contribution >= 0.6 is 0 Å². The van der Waals surface area contributed by atoms with Crippen molar-refractivity contribution >= 4 is 5.78 Å². The van der Waals surface area contributed by atoms with E-state index in [1.165, 1.54) is 0 Å². The summed E-state index contributed by atoms with van der Waals surface area (Å²) < 4.78 is 0. The molecule has 1 fully saturated rings. The Bertz CT molecular complexity index is 120. The minimum absolute atomic E-state index is 0.324. The molecule has 1 aliphatic heterocycles. The molecule has 0 atom stereocenters. The van der Waals surface area contributed by atoms with Crippen LogP contribution in [-0.4, -0.2) is 23.8 Å². The van der Waals surface area contributed by atoms with E-state index in [4.69, 9.17) is 0 Å². The molecule has 2 heteroatoms. The molecule has 1 saturated heterocycles. The molecule has 0 saturated carbocycles. The summed E-state index contributed by atoms with van der Waals surface area (Å²) in [5.41, 5.74) is 0. The summed E-state index contributed by atoms with van der Waals surface area (Å²) in [7, 11) is 0. The summed E-state index contributed by atoms with van der Waals surface area (Å²) in [5, 5.41) is 0. The van der Waals surface area contributed by atoms with Crippen LogP contribution in [0.2, 0.25) is 0 Å². The van der Waals surface area contributed by atoms with Gasteiger partial charge in [-0.25, -0.2) is 0 Å². The second kappa shape index (κ2) is 1.99. The van der Waals surface area contributed by atoms with Crippen molar-refractivity contribution in [1.29, 1.82) is 0 Å². The van der Waals surface area contributed by atoms with Crippen molar-refractivity contribution in [3.05, 3.63) is 12.8 Å². The third-order valence-corrected chi connectivity index (χ3v) is 1.32. The first-order chi connectivity index (χ1) is 3.83. The van der Waals surface area contributed by atoms with Gasteiger partial charge in [-0.3, -0.25) is 4.79 Å². The van der Waals surface area contributed by atoms with E-state index in [1.807, 2.05) is 4.90 Å². The van der Waals surface area contributed by atoms with Gasteiger partial charge in [-0.2, -0.15) is 0 Å². The van der Waals surface area contributed by atoms with E-state index < -0.39 is 0 Å². The number of carbonyl (C=O) groups excluding carboxylic acids is 1. The van der Waals surface area contributed by atoms with Crippen LogP contribution in [0.25, 0.3) is 0 Å². The molecule has 0 aliphatic carbocycles. The van der Waals surface area contributed by atoms with Crippen LogP contribution in [0.1, 0.15) is 6.42 Å². The SMILES string of the molecule is C=CN1CCC(=O)C1. The molecule has 1 aliphatic rings. The highest BCUT2D eigenvalue weighted by molar-refractivity contribution is 5.82. The maximum atomic E-state index is 10.5. The normalized spacial score (nSPS) is 19.5. The fourth-order valence-corrected chi connectivity index (χ4v) is 0.809. The molecule has 8 heavy (non-hydrogen) atoms. The van der Waals surface area contributed by atoms with Gasteiger partial charge < -0.3 is 4.90 Å². The quantitative estimate of drug-likeness (QED) is 0.488. The molecule has 0 amide bonds. The Labute approximate surface area is 48.8 Å². The molecule has 2 nitrogen and oxygen atoms in total. The van der Waals surface area contributed by atoms with Gasteiger partial charge in [-0.05, 0) is 6.20 Å². The van der Waals surface area contributed by atoms with Crippen LogP contribution in [0.15, 0.2) is 12.8 Å². The molecule has 0 N–H and O–H groups in total. The Morgan fingerprint density at radius 2 is 2.50 bits per heavy atom. The standard InChI is InChI=1S/C6H9NO/c1-2-7-4-3-6(8)5-7/h2H,1,3-5H2. The number of likely N-dealkylation sites (tertiary alicyclic amines) is 1. The minimum atomic E-state index is 0.324. The fraction of sp³-hybridized carbons (Fsp3) is 0.500. The number of hydrogen-bond acceptors (Lipinski definition) is 2. The van der Waals surface area contributed by atoms with Gasteiger partial charge in [0.25, 0.3) is 0 Å². The summed E-state index contributed by atoms with van der Waals surface area (Å²) in [5.74, 6) is 0.324. The van der Waals surface area contributed by atoms with E-state index in [0.29, 0.717) is 18.7 Å². The zero-order valence-corrected chi connectivity index (χ0v) is 4.76. The summed E-state index contributed by atoms with van der Waals surface area (Å²) in [4.78, 5) is 12.4. The van der Waals surface area contributed by atoms with Crippen molar-refractivity contribution in [1.82, 2.24) is 4.90 Å². The average Bonchev–Trinajstić information content (AvgIpc) is 2.14.